The largest absolute Gasteiger partial charge is 0.297 e. The van der Waals surface area contributed by atoms with E-state index in [1.807, 2.05) is 12.3 Å². The van der Waals surface area contributed by atoms with Gasteiger partial charge in [-0.3, -0.25) is 9.58 Å². The standard InChI is InChI=1S/C14H21N3/c1-8-15-17(9-1)13-4-10-16(11-5-13)14(6-7-14)12-2-3-12/h1,8-9,12-13H,2-7,10-11H2. The van der Waals surface area contributed by atoms with Crippen LogP contribution in [0.25, 0.3) is 0 Å². The van der Waals surface area contributed by atoms with Gasteiger partial charge in [0.1, 0.15) is 0 Å². The molecule has 4 rings (SSSR count). The minimum Gasteiger partial charge on any atom is -0.297 e. The summed E-state index contributed by atoms with van der Waals surface area (Å²) in [4.78, 5) is 2.81. The highest BCUT2D eigenvalue weighted by Gasteiger charge is 2.57. The van der Waals surface area contributed by atoms with E-state index < -0.39 is 0 Å². The van der Waals surface area contributed by atoms with Gasteiger partial charge in [0.05, 0.1) is 6.04 Å². The summed E-state index contributed by atoms with van der Waals surface area (Å²) in [5.74, 6) is 1.06. The molecule has 0 radical (unpaired) electrons. The molecule has 0 bridgehead atoms. The van der Waals surface area contributed by atoms with Gasteiger partial charge < -0.3 is 0 Å². The van der Waals surface area contributed by atoms with E-state index in [1.165, 1.54) is 51.6 Å². The number of nitrogens with zero attached hydrogens (tertiary/aromatic N) is 3. The topological polar surface area (TPSA) is 21.1 Å². The van der Waals surface area contributed by atoms with Gasteiger partial charge in [0.2, 0.25) is 0 Å². The van der Waals surface area contributed by atoms with E-state index in [4.69, 9.17) is 0 Å². The Labute approximate surface area is 103 Å². The third-order valence-corrected chi connectivity index (χ3v) is 5.09. The van der Waals surface area contributed by atoms with Gasteiger partial charge in [-0.1, -0.05) is 0 Å². The van der Waals surface area contributed by atoms with Crippen LogP contribution in [0.3, 0.4) is 0 Å². The molecule has 92 valence electrons. The Morgan fingerprint density at radius 2 is 1.82 bits per heavy atom. The van der Waals surface area contributed by atoms with Crippen molar-refractivity contribution in [2.75, 3.05) is 13.1 Å². The highest BCUT2D eigenvalue weighted by atomic mass is 15.3. The molecule has 1 aromatic rings. The predicted octanol–water partition coefficient (Wildman–Crippen LogP) is 2.46. The molecule has 2 aliphatic carbocycles. The summed E-state index contributed by atoms with van der Waals surface area (Å²) in [7, 11) is 0. The number of hydrogen-bond donors (Lipinski definition) is 0. The highest BCUT2D eigenvalue weighted by Crippen LogP contribution is 2.58. The van der Waals surface area contributed by atoms with Crippen LogP contribution in [-0.4, -0.2) is 33.3 Å². The lowest BCUT2D eigenvalue weighted by molar-refractivity contribution is 0.102. The number of aromatic nitrogens is 2. The van der Waals surface area contributed by atoms with Gasteiger partial charge in [0.15, 0.2) is 0 Å². The van der Waals surface area contributed by atoms with Crippen molar-refractivity contribution in [2.24, 2.45) is 5.92 Å². The molecular formula is C14H21N3. The van der Waals surface area contributed by atoms with Crippen molar-refractivity contribution >= 4 is 0 Å². The Morgan fingerprint density at radius 1 is 1.06 bits per heavy atom. The first-order chi connectivity index (χ1) is 8.38. The van der Waals surface area contributed by atoms with Crippen molar-refractivity contribution in [1.29, 1.82) is 0 Å². The van der Waals surface area contributed by atoms with Crippen LogP contribution >= 0.6 is 0 Å². The van der Waals surface area contributed by atoms with Crippen molar-refractivity contribution in [1.82, 2.24) is 14.7 Å². The molecule has 1 aliphatic heterocycles. The number of hydrogen-bond acceptors (Lipinski definition) is 2. The first-order valence-electron chi connectivity index (χ1n) is 7.13. The Morgan fingerprint density at radius 3 is 2.35 bits per heavy atom. The maximum absolute atomic E-state index is 4.39. The SMILES string of the molecule is c1cnn(C2CCN(C3(C4CC4)CC3)CC2)c1. The molecule has 1 aromatic heterocycles. The van der Waals surface area contributed by atoms with Crippen LogP contribution in [0.2, 0.25) is 0 Å². The Hall–Kier alpha value is -0.830. The van der Waals surface area contributed by atoms with Crippen molar-refractivity contribution in [3.05, 3.63) is 18.5 Å². The van der Waals surface area contributed by atoms with Gasteiger partial charge in [0, 0.05) is 31.0 Å². The van der Waals surface area contributed by atoms with Crippen LogP contribution in [0.5, 0.6) is 0 Å². The van der Waals surface area contributed by atoms with Gasteiger partial charge >= 0.3 is 0 Å². The van der Waals surface area contributed by atoms with E-state index in [9.17, 15) is 0 Å². The molecule has 0 spiro atoms. The average Bonchev–Trinajstić information content (AvgIpc) is 3.27. The molecule has 0 atom stereocenters. The van der Waals surface area contributed by atoms with Crippen molar-refractivity contribution in [3.8, 4) is 0 Å². The van der Waals surface area contributed by atoms with Gasteiger partial charge in [-0.05, 0) is 50.5 Å². The van der Waals surface area contributed by atoms with Gasteiger partial charge in [-0.2, -0.15) is 5.10 Å². The molecule has 3 aliphatic rings. The summed E-state index contributed by atoms with van der Waals surface area (Å²) in [5.41, 5.74) is 0.676. The monoisotopic (exact) mass is 231 g/mol. The first kappa shape index (κ1) is 10.1. The summed E-state index contributed by atoms with van der Waals surface area (Å²) in [6.07, 6.45) is 12.5. The van der Waals surface area contributed by atoms with Crippen molar-refractivity contribution in [3.63, 3.8) is 0 Å². The maximum atomic E-state index is 4.39. The fourth-order valence-electron chi connectivity index (χ4n) is 3.80. The first-order valence-corrected chi connectivity index (χ1v) is 7.13. The van der Waals surface area contributed by atoms with E-state index in [2.05, 4.69) is 20.9 Å². The van der Waals surface area contributed by atoms with Crippen LogP contribution in [-0.2, 0) is 0 Å². The number of piperidine rings is 1. The summed E-state index contributed by atoms with van der Waals surface area (Å²) >= 11 is 0. The zero-order chi connectivity index (χ0) is 11.3. The van der Waals surface area contributed by atoms with Crippen molar-refractivity contribution < 1.29 is 0 Å². The molecule has 0 aromatic carbocycles. The Kier molecular flexibility index (Phi) is 2.13. The third-order valence-electron chi connectivity index (χ3n) is 5.09. The van der Waals surface area contributed by atoms with Crippen LogP contribution in [0.4, 0.5) is 0 Å². The second-order valence-electron chi connectivity index (χ2n) is 6.08. The molecule has 2 saturated carbocycles. The molecule has 17 heavy (non-hydrogen) atoms. The molecule has 2 heterocycles. The van der Waals surface area contributed by atoms with E-state index in [0.29, 0.717) is 11.6 Å². The van der Waals surface area contributed by atoms with E-state index in [0.717, 1.165) is 5.92 Å². The van der Waals surface area contributed by atoms with E-state index >= 15 is 0 Å². The molecule has 3 nitrogen and oxygen atoms in total. The second kappa shape index (κ2) is 3.58. The summed E-state index contributed by atoms with van der Waals surface area (Å²) in [5, 5.41) is 4.39. The fraction of sp³-hybridized carbons (Fsp3) is 0.786. The summed E-state index contributed by atoms with van der Waals surface area (Å²) < 4.78 is 2.16. The lowest BCUT2D eigenvalue weighted by Crippen LogP contribution is -2.44. The van der Waals surface area contributed by atoms with Crippen LogP contribution < -0.4 is 0 Å². The van der Waals surface area contributed by atoms with Crippen LogP contribution in [0, 0.1) is 5.92 Å². The van der Waals surface area contributed by atoms with Gasteiger partial charge in [-0.25, -0.2) is 0 Å². The summed E-state index contributed by atoms with van der Waals surface area (Å²) in [6.45, 7) is 2.59. The second-order valence-corrected chi connectivity index (χ2v) is 6.08. The normalized spacial score (nSPS) is 29.4. The van der Waals surface area contributed by atoms with Crippen molar-refractivity contribution in [2.45, 2.75) is 50.1 Å². The maximum Gasteiger partial charge on any atom is 0.0543 e. The fourth-order valence-corrected chi connectivity index (χ4v) is 3.80. The Balaban J connectivity index is 1.41. The minimum absolute atomic E-state index is 0.649. The molecule has 0 amide bonds. The van der Waals surface area contributed by atoms with Crippen LogP contribution in [0.1, 0.15) is 44.6 Å². The molecule has 1 saturated heterocycles. The van der Waals surface area contributed by atoms with E-state index in [1.54, 1.807) is 0 Å². The number of rotatable bonds is 3. The zero-order valence-electron chi connectivity index (χ0n) is 10.4. The zero-order valence-corrected chi connectivity index (χ0v) is 10.4. The lowest BCUT2D eigenvalue weighted by Gasteiger charge is -2.38. The smallest absolute Gasteiger partial charge is 0.0543 e. The highest BCUT2D eigenvalue weighted by molar-refractivity contribution is 5.13. The molecule has 0 unspecified atom stereocenters. The van der Waals surface area contributed by atoms with Gasteiger partial charge in [-0.15, -0.1) is 0 Å². The summed E-state index contributed by atoms with van der Waals surface area (Å²) in [6, 6.07) is 2.69. The number of likely N-dealkylation sites (tertiary alicyclic amines) is 1. The Bertz CT molecular complexity index is 382. The molecule has 0 N–H and O–H groups in total. The van der Waals surface area contributed by atoms with E-state index in [-0.39, 0.29) is 0 Å². The minimum atomic E-state index is 0.649. The van der Waals surface area contributed by atoms with Crippen LogP contribution in [0.15, 0.2) is 18.5 Å². The lowest BCUT2D eigenvalue weighted by atomic mass is 10.00. The molecule has 3 heteroatoms. The third kappa shape index (κ3) is 1.63. The predicted molar refractivity (Wildman–Crippen MR) is 66.8 cm³/mol. The quantitative estimate of drug-likeness (QED) is 0.797. The molecule has 3 fully saturated rings. The molecular weight excluding hydrogens is 210 g/mol. The van der Waals surface area contributed by atoms with Gasteiger partial charge in [0.25, 0.3) is 0 Å². The average molecular weight is 231 g/mol.